The van der Waals surface area contributed by atoms with E-state index < -0.39 is 0 Å². The molecule has 1 aliphatic heterocycles. The van der Waals surface area contributed by atoms with Crippen molar-refractivity contribution in [1.82, 2.24) is 0 Å². The topological polar surface area (TPSA) is 29.1 Å². The fraction of sp³-hybridized carbons (Fsp3) is 0.364. The summed E-state index contributed by atoms with van der Waals surface area (Å²) in [5.41, 5.74) is 1.12. The summed E-state index contributed by atoms with van der Waals surface area (Å²) in [6.07, 6.45) is 0. The number of halogens is 1. The predicted molar refractivity (Wildman–Crippen MR) is 67.6 cm³/mol. The van der Waals surface area contributed by atoms with Crippen molar-refractivity contribution < 1.29 is 4.79 Å². The lowest BCUT2D eigenvalue weighted by Crippen LogP contribution is -2.36. The van der Waals surface area contributed by atoms with Crippen LogP contribution < -0.4 is 5.32 Å². The number of fused-ring (bicyclic) bond motifs is 1. The van der Waals surface area contributed by atoms with Gasteiger partial charge in [0.05, 0.1) is 5.25 Å². The predicted octanol–water partition coefficient (Wildman–Crippen LogP) is 3.31. The fourth-order valence-electron chi connectivity index (χ4n) is 1.71. The second-order valence-corrected chi connectivity index (χ2v) is 5.82. The van der Waals surface area contributed by atoms with Crippen molar-refractivity contribution in [2.45, 2.75) is 30.0 Å². The molecule has 1 aromatic carbocycles. The van der Waals surface area contributed by atoms with E-state index >= 15 is 0 Å². The van der Waals surface area contributed by atoms with Crippen LogP contribution in [0.25, 0.3) is 0 Å². The second-order valence-electron chi connectivity index (χ2n) is 3.72. The molecular formula is C11H12BrNOS. The summed E-state index contributed by atoms with van der Waals surface area (Å²) in [4.78, 5) is 12.6. The smallest absolute Gasteiger partial charge is 0.145 e. The number of anilines is 1. The van der Waals surface area contributed by atoms with Gasteiger partial charge in [-0.15, -0.1) is 11.8 Å². The van der Waals surface area contributed by atoms with Crippen LogP contribution in [0.3, 0.4) is 0 Å². The Bertz CT molecular complexity index is 408. The summed E-state index contributed by atoms with van der Waals surface area (Å²) < 4.78 is 1.05. The first-order valence-electron chi connectivity index (χ1n) is 4.81. The molecule has 1 aliphatic rings. The first kappa shape index (κ1) is 11.0. The average molecular weight is 286 g/mol. The third-order valence-corrected chi connectivity index (χ3v) is 4.51. The molecule has 0 aliphatic carbocycles. The van der Waals surface area contributed by atoms with Crippen molar-refractivity contribution in [3.8, 4) is 0 Å². The van der Waals surface area contributed by atoms with E-state index in [2.05, 4.69) is 27.3 Å². The highest BCUT2D eigenvalue weighted by Crippen LogP contribution is 2.39. The van der Waals surface area contributed by atoms with Crippen LogP contribution in [0.1, 0.15) is 13.8 Å². The standard InChI is InChI=1S/C11H12BrNOS/c1-6-11(7(2)14)15-10-5-8(12)3-4-9(10)13-6/h3-6,11,13H,1-2H3. The van der Waals surface area contributed by atoms with Gasteiger partial charge in [-0.25, -0.2) is 0 Å². The molecule has 0 saturated carbocycles. The van der Waals surface area contributed by atoms with Gasteiger partial charge in [0, 0.05) is 21.1 Å². The van der Waals surface area contributed by atoms with Gasteiger partial charge in [-0.05, 0) is 32.0 Å². The average Bonchev–Trinajstić information content (AvgIpc) is 2.17. The molecule has 0 amide bonds. The van der Waals surface area contributed by atoms with Crippen LogP contribution in [0.15, 0.2) is 27.6 Å². The van der Waals surface area contributed by atoms with Gasteiger partial charge in [0.1, 0.15) is 5.78 Å². The summed E-state index contributed by atoms with van der Waals surface area (Å²) >= 11 is 5.08. The first-order valence-corrected chi connectivity index (χ1v) is 6.48. The summed E-state index contributed by atoms with van der Waals surface area (Å²) in [7, 11) is 0. The zero-order chi connectivity index (χ0) is 11.0. The molecule has 0 aromatic heterocycles. The first-order chi connectivity index (χ1) is 7.08. The third-order valence-electron chi connectivity index (χ3n) is 2.44. The van der Waals surface area contributed by atoms with Gasteiger partial charge < -0.3 is 5.32 Å². The highest BCUT2D eigenvalue weighted by Gasteiger charge is 2.28. The normalized spacial score (nSPS) is 24.2. The van der Waals surface area contributed by atoms with Crippen LogP contribution >= 0.6 is 27.7 Å². The SMILES string of the molecule is CC(=O)C1Sc2cc(Br)ccc2NC1C. The number of rotatable bonds is 1. The van der Waals surface area contributed by atoms with Crippen molar-refractivity contribution in [3.05, 3.63) is 22.7 Å². The van der Waals surface area contributed by atoms with E-state index in [1.54, 1.807) is 18.7 Å². The third kappa shape index (κ3) is 2.21. The molecule has 1 aromatic rings. The Kier molecular flexibility index (Phi) is 3.07. The van der Waals surface area contributed by atoms with E-state index in [0.29, 0.717) is 0 Å². The highest BCUT2D eigenvalue weighted by molar-refractivity contribution is 9.10. The highest BCUT2D eigenvalue weighted by atomic mass is 79.9. The number of carbonyl (C=O) groups is 1. The maximum Gasteiger partial charge on any atom is 0.145 e. The van der Waals surface area contributed by atoms with E-state index in [9.17, 15) is 4.79 Å². The molecule has 0 radical (unpaired) electrons. The zero-order valence-corrected chi connectivity index (χ0v) is 11.0. The van der Waals surface area contributed by atoms with Crippen molar-refractivity contribution in [3.63, 3.8) is 0 Å². The monoisotopic (exact) mass is 285 g/mol. The molecule has 0 saturated heterocycles. The van der Waals surface area contributed by atoms with Crippen LogP contribution in [0.4, 0.5) is 5.69 Å². The van der Waals surface area contributed by atoms with E-state index in [0.717, 1.165) is 15.1 Å². The van der Waals surface area contributed by atoms with Gasteiger partial charge in [-0.1, -0.05) is 15.9 Å². The van der Waals surface area contributed by atoms with Gasteiger partial charge >= 0.3 is 0 Å². The number of thioether (sulfide) groups is 1. The number of hydrogen-bond donors (Lipinski definition) is 1. The molecular weight excluding hydrogens is 274 g/mol. The molecule has 0 fully saturated rings. The largest absolute Gasteiger partial charge is 0.380 e. The molecule has 0 spiro atoms. The lowest BCUT2D eigenvalue weighted by atomic mass is 10.1. The Balaban J connectivity index is 2.34. The van der Waals surface area contributed by atoms with Gasteiger partial charge in [0.2, 0.25) is 0 Å². The van der Waals surface area contributed by atoms with Crippen molar-refractivity contribution in [2.24, 2.45) is 0 Å². The molecule has 2 rings (SSSR count). The van der Waals surface area contributed by atoms with Crippen LogP contribution in [-0.4, -0.2) is 17.1 Å². The van der Waals surface area contributed by atoms with E-state index in [1.165, 1.54) is 0 Å². The van der Waals surface area contributed by atoms with Crippen molar-refractivity contribution >= 4 is 39.2 Å². The molecule has 2 atom stereocenters. The number of hydrogen-bond acceptors (Lipinski definition) is 3. The van der Waals surface area contributed by atoms with E-state index in [-0.39, 0.29) is 17.1 Å². The molecule has 4 heteroatoms. The second kappa shape index (κ2) is 4.18. The summed E-state index contributed by atoms with van der Waals surface area (Å²) in [5, 5.41) is 3.38. The Morgan fingerprint density at radius 1 is 1.53 bits per heavy atom. The summed E-state index contributed by atoms with van der Waals surface area (Å²) in [6, 6.07) is 6.29. The zero-order valence-electron chi connectivity index (χ0n) is 8.58. The van der Waals surface area contributed by atoms with Crippen LogP contribution in [-0.2, 0) is 4.79 Å². The molecule has 2 unspecified atom stereocenters. The molecule has 2 nitrogen and oxygen atoms in total. The molecule has 15 heavy (non-hydrogen) atoms. The van der Waals surface area contributed by atoms with Gasteiger partial charge in [0.15, 0.2) is 0 Å². The quantitative estimate of drug-likeness (QED) is 0.858. The molecule has 80 valence electrons. The lowest BCUT2D eigenvalue weighted by molar-refractivity contribution is -0.116. The lowest BCUT2D eigenvalue weighted by Gasteiger charge is -2.30. The minimum atomic E-state index is 0.0202. The maximum atomic E-state index is 11.4. The van der Waals surface area contributed by atoms with Gasteiger partial charge in [-0.2, -0.15) is 0 Å². The molecule has 1 heterocycles. The number of Topliss-reactive ketones (excluding diaryl/α,β-unsaturated/α-hetero) is 1. The Morgan fingerprint density at radius 2 is 2.27 bits per heavy atom. The number of nitrogens with one attached hydrogen (secondary N) is 1. The number of carbonyl (C=O) groups excluding carboxylic acids is 1. The van der Waals surface area contributed by atoms with Gasteiger partial charge in [-0.3, -0.25) is 4.79 Å². The van der Waals surface area contributed by atoms with E-state index in [4.69, 9.17) is 0 Å². The van der Waals surface area contributed by atoms with Crippen LogP contribution in [0, 0.1) is 0 Å². The van der Waals surface area contributed by atoms with Crippen molar-refractivity contribution in [2.75, 3.05) is 5.32 Å². The minimum absolute atomic E-state index is 0.0202. The number of ketones is 1. The molecule has 1 N–H and O–H groups in total. The summed E-state index contributed by atoms with van der Waals surface area (Å²) in [6.45, 7) is 3.70. The minimum Gasteiger partial charge on any atom is -0.380 e. The van der Waals surface area contributed by atoms with Crippen LogP contribution in [0.5, 0.6) is 0 Å². The van der Waals surface area contributed by atoms with Crippen molar-refractivity contribution in [1.29, 1.82) is 0 Å². The van der Waals surface area contributed by atoms with Gasteiger partial charge in [0.25, 0.3) is 0 Å². The Morgan fingerprint density at radius 3 is 2.93 bits per heavy atom. The van der Waals surface area contributed by atoms with Crippen LogP contribution in [0.2, 0.25) is 0 Å². The maximum absolute atomic E-state index is 11.4. The van der Waals surface area contributed by atoms with E-state index in [1.807, 2.05) is 19.1 Å². The molecule has 0 bridgehead atoms. The number of benzene rings is 1. The summed E-state index contributed by atoms with van der Waals surface area (Å²) in [5.74, 6) is 0.227. The Labute approximate surface area is 102 Å². The fourth-order valence-corrected chi connectivity index (χ4v) is 3.38. The Hall–Kier alpha value is -0.480.